The van der Waals surface area contributed by atoms with Gasteiger partial charge in [-0.25, -0.2) is 0 Å². The average Bonchev–Trinajstić information content (AvgIpc) is 1.81. The van der Waals surface area contributed by atoms with E-state index in [9.17, 15) is 33.6 Å². The lowest BCUT2D eigenvalue weighted by Crippen LogP contribution is -2.36. The number of ether oxygens (including phenoxy) is 9. The molecule has 542 valence electrons. The van der Waals surface area contributed by atoms with Crippen LogP contribution >= 0.6 is 0 Å². The number of carbonyl (C=O) groups is 7. The van der Waals surface area contributed by atoms with E-state index < -0.39 is 0 Å². The van der Waals surface area contributed by atoms with E-state index >= 15 is 0 Å². The summed E-state index contributed by atoms with van der Waals surface area (Å²) in [6, 6.07) is 0.525. The maximum Gasteiger partial charge on any atom is 0.312 e. The van der Waals surface area contributed by atoms with Gasteiger partial charge >= 0.3 is 23.9 Å². The lowest BCUT2D eigenvalue weighted by Gasteiger charge is -2.21. The van der Waals surface area contributed by atoms with Gasteiger partial charge in [0.05, 0.1) is 66.6 Å². The molecule has 0 radical (unpaired) electrons. The van der Waals surface area contributed by atoms with E-state index in [4.69, 9.17) is 42.6 Å². The van der Waals surface area contributed by atoms with Crippen LogP contribution in [0.2, 0.25) is 0 Å². The Morgan fingerprint density at radius 3 is 1.17 bits per heavy atom. The van der Waals surface area contributed by atoms with Crippen LogP contribution in [-0.2, 0) is 76.2 Å². The number of nitrogens with zero attached hydrogens (tertiary/aromatic N) is 2. The van der Waals surface area contributed by atoms with E-state index in [1.165, 1.54) is 43.9 Å². The molecular formula is C75H136N2O16. The van der Waals surface area contributed by atoms with Crippen molar-refractivity contribution < 1.29 is 76.2 Å². The third kappa shape index (κ3) is 28.8. The molecule has 22 atom stereocenters. The summed E-state index contributed by atoms with van der Waals surface area (Å²) in [4.78, 5) is 79.2. The monoisotopic (exact) mass is 1320 g/mol. The van der Waals surface area contributed by atoms with E-state index in [-0.39, 0.29) is 88.3 Å². The number of esters is 4. The van der Waals surface area contributed by atoms with Crippen LogP contribution in [0, 0.1) is 82.3 Å². The first kappa shape index (κ1) is 86.9. The molecule has 11 aliphatic rings. The van der Waals surface area contributed by atoms with Gasteiger partial charge in [-0.1, -0.05) is 109 Å². The molecule has 0 aromatic heterocycles. The summed E-state index contributed by atoms with van der Waals surface area (Å²) >= 11 is 0. The third-order valence-corrected chi connectivity index (χ3v) is 22.1. The Labute approximate surface area is 565 Å². The van der Waals surface area contributed by atoms with Crippen LogP contribution in [0.25, 0.3) is 0 Å². The van der Waals surface area contributed by atoms with E-state index in [0.29, 0.717) is 104 Å². The second kappa shape index (κ2) is 39.9. The number of hydrogen-bond donors (Lipinski definition) is 0. The molecule has 10 heterocycles. The summed E-state index contributed by atoms with van der Waals surface area (Å²) in [7, 11) is 1.87. The van der Waals surface area contributed by atoms with Crippen molar-refractivity contribution in [3.63, 3.8) is 0 Å². The van der Waals surface area contributed by atoms with Gasteiger partial charge in [0.15, 0.2) is 0 Å². The van der Waals surface area contributed by atoms with Gasteiger partial charge in [0.1, 0.15) is 30.7 Å². The Balaban J connectivity index is 0.000000513. The maximum absolute atomic E-state index is 11.1. The predicted octanol–water partition coefficient (Wildman–Crippen LogP) is 15.0. The topological polar surface area (TPSA) is 209 Å². The number of imide groups is 1. The Kier molecular flexibility index (Phi) is 37.3. The molecule has 0 aromatic carbocycles. The normalized spacial score (nSPS) is 38.1. The van der Waals surface area contributed by atoms with Crippen LogP contribution in [0.4, 0.5) is 0 Å². The molecule has 18 nitrogen and oxygen atoms in total. The number of cyclic esters (lactones) is 4. The molecule has 1 aliphatic carbocycles. The Morgan fingerprint density at radius 2 is 1.04 bits per heavy atom. The van der Waals surface area contributed by atoms with E-state index in [1.54, 1.807) is 6.26 Å². The first-order valence-corrected chi connectivity index (χ1v) is 35.4. The van der Waals surface area contributed by atoms with Crippen molar-refractivity contribution >= 4 is 41.6 Å². The fraction of sp³-hybridized carbons (Fsp3) is 0.880. The quantitative estimate of drug-likeness (QED) is 0.163. The zero-order valence-electron chi connectivity index (χ0n) is 64.1. The molecule has 0 unspecified atom stereocenters. The molecule has 10 aliphatic heterocycles. The van der Waals surface area contributed by atoms with Gasteiger partial charge in [-0.05, 0) is 158 Å². The van der Waals surface area contributed by atoms with Gasteiger partial charge in [-0.15, -0.1) is 0 Å². The van der Waals surface area contributed by atoms with Crippen molar-refractivity contribution in [1.82, 2.24) is 9.80 Å². The summed E-state index contributed by atoms with van der Waals surface area (Å²) < 4.78 is 45.9. The molecule has 0 N–H and O–H groups in total. The Hall–Kier alpha value is -4.13. The van der Waals surface area contributed by atoms with Gasteiger partial charge < -0.3 is 47.5 Å². The smallest absolute Gasteiger partial charge is 0.312 e. The van der Waals surface area contributed by atoms with Gasteiger partial charge in [0, 0.05) is 75.1 Å². The minimum atomic E-state index is -0.278. The molecule has 3 amide bonds. The second-order valence-corrected chi connectivity index (χ2v) is 31.0. The molecule has 18 heteroatoms. The third-order valence-electron chi connectivity index (χ3n) is 22.1. The molecular weight excluding hydrogens is 1180 g/mol. The van der Waals surface area contributed by atoms with Gasteiger partial charge in [0.2, 0.25) is 17.7 Å². The van der Waals surface area contributed by atoms with Crippen LogP contribution < -0.4 is 0 Å². The second-order valence-electron chi connectivity index (χ2n) is 31.0. The lowest BCUT2D eigenvalue weighted by atomic mass is 9.80. The van der Waals surface area contributed by atoms with Crippen LogP contribution in [0.1, 0.15) is 252 Å². The summed E-state index contributed by atoms with van der Waals surface area (Å²) in [6.45, 7) is 61.3. The molecule has 0 spiro atoms. The highest BCUT2D eigenvalue weighted by molar-refractivity contribution is 5.96. The van der Waals surface area contributed by atoms with Crippen molar-refractivity contribution in [1.29, 1.82) is 0 Å². The lowest BCUT2D eigenvalue weighted by molar-refractivity contribution is -0.149. The predicted molar refractivity (Wildman–Crippen MR) is 367 cm³/mol. The number of rotatable bonds is 0. The zero-order valence-corrected chi connectivity index (χ0v) is 64.1. The molecule has 10 fully saturated rings. The number of carbonyl (C=O) groups excluding carboxylic acids is 7. The number of hydrogen-bond acceptors (Lipinski definition) is 16. The molecule has 11 rings (SSSR count). The van der Waals surface area contributed by atoms with Crippen molar-refractivity contribution in [2.75, 3.05) is 27.1 Å². The van der Waals surface area contributed by atoms with Crippen molar-refractivity contribution in [2.45, 2.75) is 318 Å². The zero-order chi connectivity index (χ0) is 72.0. The molecule has 1 saturated carbocycles. The van der Waals surface area contributed by atoms with E-state index in [1.807, 2.05) is 109 Å². The molecule has 0 bridgehead atoms. The number of likely N-dealkylation sites (tertiary alicyclic amines) is 2. The highest BCUT2D eigenvalue weighted by Crippen LogP contribution is 2.39. The average molecular weight is 1320 g/mol. The fourth-order valence-corrected chi connectivity index (χ4v) is 11.5. The van der Waals surface area contributed by atoms with Crippen molar-refractivity contribution in [3.8, 4) is 0 Å². The van der Waals surface area contributed by atoms with Crippen molar-refractivity contribution in [3.05, 3.63) is 12.3 Å². The van der Waals surface area contributed by atoms with E-state index in [0.717, 1.165) is 36.7 Å². The Bertz CT molecular complexity index is 2230. The fourth-order valence-electron chi connectivity index (χ4n) is 11.5. The molecule has 9 saturated heterocycles. The van der Waals surface area contributed by atoms with Crippen molar-refractivity contribution in [2.24, 2.45) is 82.3 Å². The summed E-state index contributed by atoms with van der Waals surface area (Å²) in [5.41, 5.74) is -0.394. The largest absolute Gasteiger partial charge is 0.498 e. The van der Waals surface area contributed by atoms with Crippen LogP contribution in [-0.4, -0.2) is 144 Å². The highest BCUT2D eigenvalue weighted by Gasteiger charge is 2.47. The maximum atomic E-state index is 11.1. The summed E-state index contributed by atoms with van der Waals surface area (Å²) in [5, 5.41) is 0. The first-order valence-electron chi connectivity index (χ1n) is 35.4. The first-order chi connectivity index (χ1) is 42.7. The van der Waals surface area contributed by atoms with Crippen LogP contribution in [0.15, 0.2) is 12.3 Å². The standard InChI is InChI=1S/C8H13NO2.2C8H14O2.C8H16O.C7H13NO.C7H14.2C6H10O2.C6H12O.C6H10O.C5H10O2/c1-5-4-8(11)9(6(5)2)7(3)10;1-5-6(2)10-7(9)8(5,3)4;1-5-6(2)8(3,4)10-7(5)9;1-6-5-8(3,4)9-7(6)2;1-5-4-7(9)8(3)6(5)2;1-6-4-3-5-7(6)2;1-4-3-8-6(7)5(4)2;1-4-3-6(7)8-5(4)2;2*1-5-3-4-7-6(5)2;1-4-5(2)7-3-6-4/h5-6H,4H2,1-3H3;2*5-6H,1-4H3;6-7H,5H2,1-4H3;5-6H,4H2,1-3H3;6-7H,3-5H2,1-2H3;2*4-5H,3H2,1-2H3;5-6H,3-4H2,1-2H3;3-6H,1-2H3;4-5H,3H2,1-2H3/t5-,6-;2*5-,6+;6-,7-;5-,6-;6-,7+;2*4-,5-;2*5-,6-;4-,5+/m01110.1011./s1. The van der Waals surface area contributed by atoms with Gasteiger partial charge in [-0.2, -0.15) is 0 Å². The molecule has 93 heavy (non-hydrogen) atoms. The Morgan fingerprint density at radius 1 is 0.505 bits per heavy atom. The summed E-state index contributed by atoms with van der Waals surface area (Å²) in [6.07, 6.45) is 14.8. The van der Waals surface area contributed by atoms with E-state index in [2.05, 4.69) is 103 Å². The minimum Gasteiger partial charge on any atom is -0.498 e. The van der Waals surface area contributed by atoms with Crippen LogP contribution in [0.5, 0.6) is 0 Å². The SMILES string of the molecule is CC(=O)N1C(=O)C[C@H](C)[C@@H]1C.C[C@@H]1C=CO[C@@H]1C.C[C@@H]1CC(C)(C)O[C@@H]1C.C[C@@H]1CCC[C@@H]1C.C[C@@H]1CCO[C@@H]1C.C[C@@H]1COC(=O)[C@@H]1C.C[C@@H]1OC(=O)C(C)(C)[C@@H]1C.C[C@@H]1OC(=O)C[C@@H]1C.C[C@@H]1OCO[C@@H]1C.C[C@H]1C(=O)OC(C)(C)[C@H]1C.C[C@H]1CC(=O)N(C)[C@H]1C. The van der Waals surface area contributed by atoms with Crippen LogP contribution in [0.3, 0.4) is 0 Å². The minimum absolute atomic E-state index is 0.0301. The van der Waals surface area contributed by atoms with Gasteiger partial charge in [0.25, 0.3) is 0 Å². The molecule has 0 aromatic rings. The number of amides is 3. The van der Waals surface area contributed by atoms with Gasteiger partial charge in [-0.3, -0.25) is 38.5 Å². The highest BCUT2D eigenvalue weighted by atomic mass is 16.7. The summed E-state index contributed by atoms with van der Waals surface area (Å²) in [5.74, 6) is 6.62.